The standard InChI is InChI=1S/C35H50N2O4/c1-3-31(36-26-12-16-39-17-13-26)23-5-4-6-27(19-23)40-18-15-35-14-11-29-28(30(35)9-10-33(35)38)8-7-25-20-32-24(22-41-37-32)21-34(25,29)2/h4-6,19,22,25-26,28-31,33,36,38H,3,7-18,20-21H2,1-2H3/t25?,28?,29?,30?,31?,33?,34-,35+/m0/s1. The van der Waals surface area contributed by atoms with Crippen LogP contribution in [0, 0.1) is 34.5 Å². The SMILES string of the molecule is CCC(NC1CCOCC1)c1cccc(OCC[C@]23CCC4C(CCC5Cc6nocc6C[C@@]54C)C2CCC3O)c1. The molecule has 1 aliphatic heterocycles. The van der Waals surface area contributed by atoms with Gasteiger partial charge in [-0.25, -0.2) is 0 Å². The Morgan fingerprint density at radius 3 is 2.83 bits per heavy atom. The van der Waals surface area contributed by atoms with E-state index in [1.165, 1.54) is 42.5 Å². The van der Waals surface area contributed by atoms with Gasteiger partial charge in [0, 0.05) is 36.3 Å². The van der Waals surface area contributed by atoms with Crippen molar-refractivity contribution < 1.29 is 19.1 Å². The minimum atomic E-state index is -0.196. The van der Waals surface area contributed by atoms with Gasteiger partial charge < -0.3 is 24.4 Å². The number of rotatable bonds is 8. The number of benzene rings is 1. The first-order valence-corrected chi connectivity index (χ1v) is 16.7. The van der Waals surface area contributed by atoms with Crippen LogP contribution in [0.5, 0.6) is 5.75 Å². The molecule has 2 heterocycles. The second kappa shape index (κ2) is 11.3. The molecular weight excluding hydrogens is 512 g/mol. The second-order valence-electron chi connectivity index (χ2n) is 14.4. The maximum Gasteiger partial charge on any atom is 0.127 e. The van der Waals surface area contributed by atoms with Gasteiger partial charge in [0.2, 0.25) is 0 Å². The maximum absolute atomic E-state index is 11.5. The predicted molar refractivity (Wildman–Crippen MR) is 159 cm³/mol. The molecule has 6 heteroatoms. The average Bonchev–Trinajstić information content (AvgIpc) is 3.58. The highest BCUT2D eigenvalue weighted by Gasteiger charge is 2.61. The number of fused-ring (bicyclic) bond motifs is 6. The van der Waals surface area contributed by atoms with Gasteiger partial charge >= 0.3 is 0 Å². The summed E-state index contributed by atoms with van der Waals surface area (Å²) >= 11 is 0. The van der Waals surface area contributed by atoms with Crippen molar-refractivity contribution in [2.75, 3.05) is 19.8 Å². The van der Waals surface area contributed by atoms with Crippen LogP contribution in [0.15, 0.2) is 35.1 Å². The fourth-order valence-electron chi connectivity index (χ4n) is 10.4. The molecule has 7 rings (SSSR count). The summed E-state index contributed by atoms with van der Waals surface area (Å²) in [5.74, 6) is 3.74. The van der Waals surface area contributed by atoms with E-state index in [4.69, 9.17) is 14.0 Å². The molecular formula is C35H50N2O4. The number of nitrogens with one attached hydrogen (secondary N) is 1. The third-order valence-corrected chi connectivity index (χ3v) is 12.6. The Hall–Kier alpha value is -1.89. The van der Waals surface area contributed by atoms with E-state index in [1.54, 1.807) is 0 Å². The van der Waals surface area contributed by atoms with E-state index in [-0.39, 0.29) is 11.5 Å². The van der Waals surface area contributed by atoms with Gasteiger partial charge in [-0.15, -0.1) is 0 Å². The first-order valence-electron chi connectivity index (χ1n) is 16.7. The third-order valence-electron chi connectivity index (χ3n) is 12.6. The van der Waals surface area contributed by atoms with Crippen LogP contribution in [0.4, 0.5) is 0 Å². The summed E-state index contributed by atoms with van der Waals surface area (Å²) in [5, 5.41) is 19.7. The average molecular weight is 563 g/mol. The van der Waals surface area contributed by atoms with Crippen molar-refractivity contribution in [3.8, 4) is 5.75 Å². The van der Waals surface area contributed by atoms with Crippen LogP contribution < -0.4 is 10.1 Å². The van der Waals surface area contributed by atoms with Gasteiger partial charge in [0.25, 0.3) is 0 Å². The highest BCUT2D eigenvalue weighted by molar-refractivity contribution is 5.31. The van der Waals surface area contributed by atoms with Crippen LogP contribution in [-0.4, -0.2) is 42.2 Å². The Balaban J connectivity index is 1.02. The van der Waals surface area contributed by atoms with E-state index in [1.807, 2.05) is 6.26 Å². The number of hydrogen-bond donors (Lipinski definition) is 2. The fraction of sp³-hybridized carbons (Fsp3) is 0.743. The maximum atomic E-state index is 11.5. The Morgan fingerprint density at radius 1 is 1.10 bits per heavy atom. The van der Waals surface area contributed by atoms with Crippen LogP contribution in [-0.2, 0) is 17.6 Å². The molecule has 41 heavy (non-hydrogen) atoms. The minimum Gasteiger partial charge on any atom is -0.494 e. The molecule has 6 unspecified atom stereocenters. The first kappa shape index (κ1) is 27.9. The molecule has 2 aromatic rings. The molecule has 2 N–H and O–H groups in total. The molecule has 0 amide bonds. The van der Waals surface area contributed by atoms with Gasteiger partial charge in [0.15, 0.2) is 0 Å². The summed E-state index contributed by atoms with van der Waals surface area (Å²) in [7, 11) is 0. The molecule has 6 nitrogen and oxygen atoms in total. The second-order valence-corrected chi connectivity index (χ2v) is 14.4. The Morgan fingerprint density at radius 2 is 1.98 bits per heavy atom. The van der Waals surface area contributed by atoms with Crippen molar-refractivity contribution in [3.63, 3.8) is 0 Å². The Labute approximate surface area is 245 Å². The van der Waals surface area contributed by atoms with Crippen LogP contribution in [0.2, 0.25) is 0 Å². The van der Waals surface area contributed by atoms with Gasteiger partial charge in [0.05, 0.1) is 18.4 Å². The first-order chi connectivity index (χ1) is 20.0. The van der Waals surface area contributed by atoms with E-state index in [0.29, 0.717) is 41.9 Å². The topological polar surface area (TPSA) is 76.8 Å². The lowest BCUT2D eigenvalue weighted by molar-refractivity contribution is -0.123. The lowest BCUT2D eigenvalue weighted by atomic mass is 9.44. The van der Waals surface area contributed by atoms with E-state index >= 15 is 0 Å². The summed E-state index contributed by atoms with van der Waals surface area (Å²) in [4.78, 5) is 0. The molecule has 4 fully saturated rings. The highest BCUT2D eigenvalue weighted by Crippen LogP contribution is 2.66. The van der Waals surface area contributed by atoms with Crippen molar-refractivity contribution in [2.45, 2.75) is 109 Å². The third kappa shape index (κ3) is 4.96. The number of aliphatic hydroxyl groups is 1. The molecule has 224 valence electrons. The lowest BCUT2D eigenvalue weighted by Gasteiger charge is -2.60. The summed E-state index contributed by atoms with van der Waals surface area (Å²) in [5.41, 5.74) is 4.19. The summed E-state index contributed by atoms with van der Waals surface area (Å²) in [6.45, 7) is 7.22. The molecule has 0 radical (unpaired) electrons. The number of hydrogen-bond acceptors (Lipinski definition) is 6. The van der Waals surface area contributed by atoms with Gasteiger partial charge in [-0.05, 0) is 124 Å². The molecule has 0 spiro atoms. The largest absolute Gasteiger partial charge is 0.494 e. The molecule has 0 bridgehead atoms. The van der Waals surface area contributed by atoms with Crippen molar-refractivity contribution >= 4 is 0 Å². The summed E-state index contributed by atoms with van der Waals surface area (Å²) in [6, 6.07) is 9.57. The predicted octanol–water partition coefficient (Wildman–Crippen LogP) is 6.66. The van der Waals surface area contributed by atoms with E-state index in [9.17, 15) is 5.11 Å². The number of aromatic nitrogens is 1. The van der Waals surface area contributed by atoms with Crippen LogP contribution >= 0.6 is 0 Å². The number of aliphatic hydroxyl groups excluding tert-OH is 1. The zero-order chi connectivity index (χ0) is 28.0. The molecule has 1 aromatic carbocycles. The minimum absolute atomic E-state index is 0.00948. The number of ether oxygens (including phenoxy) is 2. The van der Waals surface area contributed by atoms with Crippen molar-refractivity contribution in [1.82, 2.24) is 10.5 Å². The summed E-state index contributed by atoms with van der Waals surface area (Å²) in [6.07, 6.45) is 15.2. The molecule has 3 saturated carbocycles. The van der Waals surface area contributed by atoms with Crippen LogP contribution in [0.25, 0.3) is 0 Å². The van der Waals surface area contributed by atoms with Gasteiger partial charge in [-0.1, -0.05) is 31.1 Å². The highest BCUT2D eigenvalue weighted by atomic mass is 16.5. The number of nitrogens with zero attached hydrogens (tertiary/aromatic N) is 1. The van der Waals surface area contributed by atoms with E-state index in [0.717, 1.165) is 76.2 Å². The Kier molecular flexibility index (Phi) is 7.70. The summed E-state index contributed by atoms with van der Waals surface area (Å²) < 4.78 is 17.4. The van der Waals surface area contributed by atoms with Gasteiger partial charge in [-0.2, -0.15) is 0 Å². The van der Waals surface area contributed by atoms with Crippen molar-refractivity contribution in [3.05, 3.63) is 47.3 Å². The molecule has 1 aromatic heterocycles. The van der Waals surface area contributed by atoms with Gasteiger partial charge in [0.1, 0.15) is 12.0 Å². The normalized spacial score (nSPS) is 37.5. The smallest absolute Gasteiger partial charge is 0.127 e. The van der Waals surface area contributed by atoms with Gasteiger partial charge in [-0.3, -0.25) is 0 Å². The zero-order valence-electron chi connectivity index (χ0n) is 25.2. The monoisotopic (exact) mass is 562 g/mol. The van der Waals surface area contributed by atoms with Crippen LogP contribution in [0.1, 0.15) is 101 Å². The van der Waals surface area contributed by atoms with E-state index < -0.39 is 0 Å². The fourth-order valence-corrected chi connectivity index (χ4v) is 10.4. The Bertz CT molecular complexity index is 1190. The molecule has 5 aliphatic rings. The van der Waals surface area contributed by atoms with Crippen molar-refractivity contribution in [2.24, 2.45) is 34.5 Å². The zero-order valence-corrected chi connectivity index (χ0v) is 25.2. The lowest BCUT2D eigenvalue weighted by Crippen LogP contribution is -2.55. The van der Waals surface area contributed by atoms with E-state index in [2.05, 4.69) is 48.6 Å². The molecule has 4 aliphatic carbocycles. The van der Waals surface area contributed by atoms with Crippen LogP contribution in [0.3, 0.4) is 0 Å². The molecule has 1 saturated heterocycles. The van der Waals surface area contributed by atoms with Crippen molar-refractivity contribution in [1.29, 1.82) is 0 Å². The quantitative estimate of drug-likeness (QED) is 0.375. The molecule has 8 atom stereocenters.